The molecule has 0 aliphatic carbocycles. The average molecular weight is 245 g/mol. The van der Waals surface area contributed by atoms with Crippen LogP contribution in [0.5, 0.6) is 0 Å². The van der Waals surface area contributed by atoms with Gasteiger partial charge in [0.2, 0.25) is 0 Å². The predicted molar refractivity (Wildman–Crippen MR) is 75.1 cm³/mol. The second kappa shape index (κ2) is 4.88. The number of hydrogen-bond acceptors (Lipinski definition) is 3. The second-order valence-electron chi connectivity index (χ2n) is 5.69. The molecule has 2 unspecified atom stereocenters. The van der Waals surface area contributed by atoms with Crippen LogP contribution in [0.15, 0.2) is 12.3 Å². The molecule has 18 heavy (non-hydrogen) atoms. The summed E-state index contributed by atoms with van der Waals surface area (Å²) in [4.78, 5) is 7.05. The number of pyridine rings is 1. The van der Waals surface area contributed by atoms with Gasteiger partial charge in [-0.3, -0.25) is 4.98 Å². The molecule has 2 atom stereocenters. The Kier molecular flexibility index (Phi) is 3.25. The molecule has 2 saturated heterocycles. The van der Waals surface area contributed by atoms with E-state index in [1.165, 1.54) is 36.2 Å². The van der Waals surface area contributed by atoms with Gasteiger partial charge in [-0.25, -0.2) is 0 Å². The van der Waals surface area contributed by atoms with Crippen molar-refractivity contribution in [3.63, 3.8) is 0 Å². The van der Waals surface area contributed by atoms with Crippen molar-refractivity contribution < 1.29 is 0 Å². The van der Waals surface area contributed by atoms with E-state index in [1.807, 2.05) is 6.20 Å². The summed E-state index contributed by atoms with van der Waals surface area (Å²) in [7, 11) is 0. The summed E-state index contributed by atoms with van der Waals surface area (Å²) in [6, 6.07) is 3.61. The summed E-state index contributed by atoms with van der Waals surface area (Å²) in [5.74, 6) is 0. The third-order valence-electron chi connectivity index (χ3n) is 4.30. The van der Waals surface area contributed by atoms with Crippen molar-refractivity contribution in [3.05, 3.63) is 23.5 Å². The molecule has 2 fully saturated rings. The zero-order valence-corrected chi connectivity index (χ0v) is 11.4. The van der Waals surface area contributed by atoms with Crippen LogP contribution in [0, 0.1) is 6.92 Å². The van der Waals surface area contributed by atoms with E-state index in [2.05, 4.69) is 35.1 Å². The molecular weight excluding hydrogens is 222 g/mol. The van der Waals surface area contributed by atoms with Crippen molar-refractivity contribution in [2.75, 3.05) is 18.0 Å². The molecule has 1 N–H and O–H groups in total. The molecule has 2 aliphatic rings. The summed E-state index contributed by atoms with van der Waals surface area (Å²) in [5, 5.41) is 3.70. The number of fused-ring (bicyclic) bond motifs is 2. The predicted octanol–water partition coefficient (Wildman–Crippen LogP) is 2.28. The molecule has 2 bridgehead atoms. The van der Waals surface area contributed by atoms with E-state index < -0.39 is 0 Å². The lowest BCUT2D eigenvalue weighted by Crippen LogP contribution is -2.51. The maximum Gasteiger partial charge on any atom is 0.0433 e. The van der Waals surface area contributed by atoms with Crippen LogP contribution in [-0.2, 0) is 6.42 Å². The highest BCUT2D eigenvalue weighted by Crippen LogP contribution is 2.29. The third-order valence-corrected chi connectivity index (χ3v) is 4.30. The van der Waals surface area contributed by atoms with Gasteiger partial charge in [0.05, 0.1) is 0 Å². The van der Waals surface area contributed by atoms with Crippen molar-refractivity contribution in [2.24, 2.45) is 0 Å². The minimum absolute atomic E-state index is 0.701. The highest BCUT2D eigenvalue weighted by atomic mass is 15.2. The van der Waals surface area contributed by atoms with Gasteiger partial charge in [0, 0.05) is 42.8 Å². The average Bonchev–Trinajstić information content (AvgIpc) is 2.71. The number of piperazine rings is 1. The molecular formula is C15H23N3. The maximum absolute atomic E-state index is 4.46. The number of nitrogens with zero attached hydrogens (tertiary/aromatic N) is 2. The molecule has 1 aromatic heterocycles. The molecule has 0 saturated carbocycles. The fourth-order valence-electron chi connectivity index (χ4n) is 3.43. The number of nitrogens with one attached hydrogen (secondary N) is 1. The lowest BCUT2D eigenvalue weighted by Gasteiger charge is -2.36. The normalized spacial score (nSPS) is 26.7. The summed E-state index contributed by atoms with van der Waals surface area (Å²) >= 11 is 0. The monoisotopic (exact) mass is 245 g/mol. The molecule has 3 nitrogen and oxygen atoms in total. The van der Waals surface area contributed by atoms with Gasteiger partial charge in [-0.1, -0.05) is 13.3 Å². The van der Waals surface area contributed by atoms with Crippen molar-refractivity contribution >= 4 is 5.69 Å². The highest BCUT2D eigenvalue weighted by molar-refractivity contribution is 5.55. The van der Waals surface area contributed by atoms with Crippen LogP contribution in [0.1, 0.15) is 37.4 Å². The van der Waals surface area contributed by atoms with Gasteiger partial charge in [0.25, 0.3) is 0 Å². The fourth-order valence-corrected chi connectivity index (χ4v) is 3.43. The lowest BCUT2D eigenvalue weighted by molar-refractivity contribution is 0.465. The Balaban J connectivity index is 1.89. The van der Waals surface area contributed by atoms with E-state index in [4.69, 9.17) is 0 Å². The molecule has 2 aliphatic heterocycles. The first-order valence-corrected chi connectivity index (χ1v) is 7.23. The van der Waals surface area contributed by atoms with Gasteiger partial charge in [0.15, 0.2) is 0 Å². The van der Waals surface area contributed by atoms with Gasteiger partial charge in [-0.05, 0) is 37.8 Å². The lowest BCUT2D eigenvalue weighted by atomic mass is 10.0. The summed E-state index contributed by atoms with van der Waals surface area (Å²) in [5.41, 5.74) is 4.10. The van der Waals surface area contributed by atoms with E-state index in [0.29, 0.717) is 12.1 Å². The van der Waals surface area contributed by atoms with E-state index in [9.17, 15) is 0 Å². The van der Waals surface area contributed by atoms with Crippen molar-refractivity contribution in [3.8, 4) is 0 Å². The van der Waals surface area contributed by atoms with Crippen molar-refractivity contribution in [1.82, 2.24) is 10.3 Å². The minimum atomic E-state index is 0.701. The van der Waals surface area contributed by atoms with Crippen LogP contribution >= 0.6 is 0 Å². The Bertz CT molecular complexity index is 418. The van der Waals surface area contributed by atoms with Crippen molar-refractivity contribution in [2.45, 2.75) is 51.6 Å². The minimum Gasteiger partial charge on any atom is -0.368 e. The smallest absolute Gasteiger partial charge is 0.0433 e. The first kappa shape index (κ1) is 12.0. The second-order valence-corrected chi connectivity index (χ2v) is 5.69. The number of hydrogen-bond donors (Lipinski definition) is 1. The van der Waals surface area contributed by atoms with Crippen LogP contribution in [0.4, 0.5) is 5.69 Å². The Morgan fingerprint density at radius 3 is 2.72 bits per heavy atom. The Morgan fingerprint density at radius 2 is 2.06 bits per heavy atom. The first-order chi connectivity index (χ1) is 8.78. The molecule has 3 heteroatoms. The number of rotatable bonds is 3. The maximum atomic E-state index is 4.46. The zero-order valence-electron chi connectivity index (χ0n) is 11.4. The Labute approximate surface area is 110 Å². The van der Waals surface area contributed by atoms with E-state index >= 15 is 0 Å². The number of anilines is 1. The molecule has 0 radical (unpaired) electrons. The standard InChI is InChI=1S/C15H23N3/c1-3-4-14-11(2)16-8-7-15(14)18-9-12-5-6-13(10-18)17-12/h7-8,12-13,17H,3-6,9-10H2,1-2H3. The van der Waals surface area contributed by atoms with Crippen LogP contribution < -0.4 is 10.2 Å². The van der Waals surface area contributed by atoms with Crippen LogP contribution in [0.2, 0.25) is 0 Å². The first-order valence-electron chi connectivity index (χ1n) is 7.23. The Hall–Kier alpha value is -1.09. The van der Waals surface area contributed by atoms with Crippen LogP contribution in [-0.4, -0.2) is 30.2 Å². The van der Waals surface area contributed by atoms with E-state index in [0.717, 1.165) is 19.5 Å². The van der Waals surface area contributed by atoms with Crippen LogP contribution in [0.25, 0.3) is 0 Å². The van der Waals surface area contributed by atoms with Gasteiger partial charge >= 0.3 is 0 Å². The molecule has 0 spiro atoms. The van der Waals surface area contributed by atoms with Gasteiger partial charge < -0.3 is 10.2 Å². The van der Waals surface area contributed by atoms with Gasteiger partial charge in [0.1, 0.15) is 0 Å². The quantitative estimate of drug-likeness (QED) is 0.885. The summed E-state index contributed by atoms with van der Waals surface area (Å²) in [6.45, 7) is 6.72. The summed E-state index contributed by atoms with van der Waals surface area (Å²) in [6.07, 6.45) is 6.99. The van der Waals surface area contributed by atoms with Gasteiger partial charge in [-0.15, -0.1) is 0 Å². The molecule has 3 heterocycles. The molecule has 1 aromatic rings. The van der Waals surface area contributed by atoms with Crippen molar-refractivity contribution in [1.29, 1.82) is 0 Å². The zero-order chi connectivity index (χ0) is 12.5. The highest BCUT2D eigenvalue weighted by Gasteiger charge is 2.32. The third kappa shape index (κ3) is 2.12. The van der Waals surface area contributed by atoms with Crippen LogP contribution in [0.3, 0.4) is 0 Å². The number of aromatic nitrogens is 1. The van der Waals surface area contributed by atoms with Gasteiger partial charge in [-0.2, -0.15) is 0 Å². The largest absolute Gasteiger partial charge is 0.368 e. The topological polar surface area (TPSA) is 28.2 Å². The molecule has 0 amide bonds. The summed E-state index contributed by atoms with van der Waals surface area (Å²) < 4.78 is 0. The Morgan fingerprint density at radius 1 is 1.33 bits per heavy atom. The van der Waals surface area contributed by atoms with E-state index in [1.54, 1.807) is 0 Å². The SMILES string of the molecule is CCCc1c(N2CC3CCC(C2)N3)ccnc1C. The number of aryl methyl sites for hydroxylation is 1. The fraction of sp³-hybridized carbons (Fsp3) is 0.667. The molecule has 98 valence electrons. The molecule has 0 aromatic carbocycles. The molecule has 3 rings (SSSR count). The van der Waals surface area contributed by atoms with E-state index in [-0.39, 0.29) is 0 Å².